The van der Waals surface area contributed by atoms with E-state index in [1.54, 1.807) is 0 Å². The van der Waals surface area contributed by atoms with E-state index in [1.807, 2.05) is 67.6 Å². The molecule has 0 aliphatic carbocycles. The molecule has 3 rings (SSSR count). The van der Waals surface area contributed by atoms with E-state index in [4.69, 9.17) is 10.1 Å². The second-order valence-electron chi connectivity index (χ2n) is 6.22. The van der Waals surface area contributed by atoms with Crippen molar-refractivity contribution in [3.05, 3.63) is 77.5 Å². The Bertz CT molecular complexity index is 911. The molecule has 1 amide bonds. The number of nitrogens with zero attached hydrogens (tertiary/aromatic N) is 1. The van der Waals surface area contributed by atoms with Crippen LogP contribution in [0.2, 0.25) is 0 Å². The van der Waals surface area contributed by atoms with Gasteiger partial charge in [-0.3, -0.25) is 9.59 Å². The summed E-state index contributed by atoms with van der Waals surface area (Å²) < 4.78 is 0. The molecule has 144 valence electrons. The second-order valence-corrected chi connectivity index (χ2v) is 7.31. The number of amidine groups is 1. The lowest BCUT2D eigenvalue weighted by Gasteiger charge is -2.26. The summed E-state index contributed by atoms with van der Waals surface area (Å²) in [5.41, 5.74) is 2.86. The van der Waals surface area contributed by atoms with Crippen LogP contribution in [-0.2, 0) is 9.59 Å². The highest BCUT2D eigenvalue weighted by Gasteiger charge is 2.29. The van der Waals surface area contributed by atoms with Crippen LogP contribution in [0, 0.1) is 0 Å². The minimum atomic E-state index is -0.848. The fourth-order valence-corrected chi connectivity index (χ4v) is 3.72. The Morgan fingerprint density at radius 2 is 1.75 bits per heavy atom. The molecule has 2 aromatic rings. The molecule has 1 aliphatic heterocycles. The average Bonchev–Trinajstić information content (AvgIpc) is 2.68. The molecule has 0 radical (unpaired) electrons. The summed E-state index contributed by atoms with van der Waals surface area (Å²) in [5, 5.41) is 15.5. The number of benzene rings is 2. The zero-order chi connectivity index (χ0) is 19.9. The molecule has 0 saturated carbocycles. The third-order valence-corrected chi connectivity index (χ3v) is 5.05. The number of hydrogen-bond donors (Lipinski definition) is 3. The van der Waals surface area contributed by atoms with Gasteiger partial charge in [-0.15, -0.1) is 0 Å². The number of para-hydroxylation sites is 1. The van der Waals surface area contributed by atoms with Crippen molar-refractivity contribution >= 4 is 34.5 Å². The van der Waals surface area contributed by atoms with Gasteiger partial charge in [0.2, 0.25) is 0 Å². The molecular formula is C21H21N3O3S. The number of rotatable bonds is 6. The smallest absolute Gasteiger partial charge is 0.304 e. The van der Waals surface area contributed by atoms with Crippen LogP contribution in [0.4, 0.5) is 5.69 Å². The number of aliphatic imine (C=N–C) groups is 1. The van der Waals surface area contributed by atoms with E-state index in [0.717, 1.165) is 5.56 Å². The van der Waals surface area contributed by atoms with E-state index in [-0.39, 0.29) is 12.3 Å². The lowest BCUT2D eigenvalue weighted by Crippen LogP contribution is -2.32. The van der Waals surface area contributed by atoms with Crippen LogP contribution in [0.3, 0.4) is 0 Å². The molecular weight excluding hydrogens is 374 g/mol. The molecule has 0 saturated heterocycles. The van der Waals surface area contributed by atoms with Crippen LogP contribution in [0.15, 0.2) is 76.9 Å². The van der Waals surface area contributed by atoms with Crippen molar-refractivity contribution in [3.63, 3.8) is 0 Å². The molecule has 7 heteroatoms. The van der Waals surface area contributed by atoms with Gasteiger partial charge in [-0.2, -0.15) is 0 Å². The van der Waals surface area contributed by atoms with E-state index in [1.165, 1.54) is 11.8 Å². The molecule has 1 heterocycles. The Kier molecular flexibility index (Phi) is 6.49. The molecule has 0 aromatic heterocycles. The third-order valence-electron chi connectivity index (χ3n) is 4.16. The Hall–Kier alpha value is -3.06. The fraction of sp³-hybridized carbons (Fsp3) is 0.190. The van der Waals surface area contributed by atoms with Gasteiger partial charge in [-0.05, 0) is 24.6 Å². The zero-order valence-corrected chi connectivity index (χ0v) is 16.2. The highest BCUT2D eigenvalue weighted by atomic mass is 32.2. The van der Waals surface area contributed by atoms with Gasteiger partial charge in [0, 0.05) is 17.1 Å². The van der Waals surface area contributed by atoms with E-state index in [2.05, 4.69) is 10.6 Å². The van der Waals surface area contributed by atoms with Crippen LogP contribution in [0.1, 0.15) is 24.9 Å². The quantitative estimate of drug-likeness (QED) is 0.692. The summed E-state index contributed by atoms with van der Waals surface area (Å²) in [6, 6.07) is 18.4. The first-order valence-electron chi connectivity index (χ1n) is 8.86. The normalized spacial score (nSPS) is 16.2. The topological polar surface area (TPSA) is 90.8 Å². The molecule has 28 heavy (non-hydrogen) atoms. The summed E-state index contributed by atoms with van der Waals surface area (Å²) >= 11 is 1.34. The van der Waals surface area contributed by atoms with Gasteiger partial charge in [-0.1, -0.05) is 60.3 Å². The molecule has 0 spiro atoms. The number of aliphatic carboxylic acids is 1. The SMILES string of the molecule is CC1=C(C(=O)Nc2ccccc2)[C@H](c2ccccc2)N=C(SCCC(=O)O)N1. The predicted octanol–water partition coefficient (Wildman–Crippen LogP) is 3.81. The van der Waals surface area contributed by atoms with Gasteiger partial charge in [-0.25, -0.2) is 4.99 Å². The first-order valence-corrected chi connectivity index (χ1v) is 9.84. The lowest BCUT2D eigenvalue weighted by atomic mass is 9.96. The maximum Gasteiger partial charge on any atom is 0.304 e. The van der Waals surface area contributed by atoms with Gasteiger partial charge >= 0.3 is 5.97 Å². The van der Waals surface area contributed by atoms with Crippen molar-refractivity contribution in [3.8, 4) is 0 Å². The number of carbonyl (C=O) groups excluding carboxylic acids is 1. The van der Waals surface area contributed by atoms with Gasteiger partial charge in [0.25, 0.3) is 5.91 Å². The Morgan fingerprint density at radius 3 is 2.39 bits per heavy atom. The van der Waals surface area contributed by atoms with Gasteiger partial charge in [0.15, 0.2) is 5.17 Å². The fourth-order valence-electron chi connectivity index (χ4n) is 2.85. The summed E-state index contributed by atoms with van der Waals surface area (Å²) in [6.45, 7) is 1.84. The van der Waals surface area contributed by atoms with E-state index in [9.17, 15) is 9.59 Å². The third kappa shape index (κ3) is 5.01. The standard InChI is InChI=1S/C21H21N3O3S/c1-14-18(20(27)23-16-10-6-3-7-11-16)19(15-8-4-2-5-9-15)24-21(22-14)28-13-12-17(25)26/h2-11,19H,12-13H2,1H3,(H,22,24)(H,23,27)(H,25,26)/t19-/m0/s1. The number of anilines is 1. The maximum atomic E-state index is 13.0. The van der Waals surface area contributed by atoms with Crippen molar-refractivity contribution in [1.82, 2.24) is 5.32 Å². The molecule has 0 unspecified atom stereocenters. The number of carboxylic acids is 1. The summed E-state index contributed by atoms with van der Waals surface area (Å²) in [7, 11) is 0. The number of hydrogen-bond acceptors (Lipinski definition) is 5. The van der Waals surface area contributed by atoms with Crippen molar-refractivity contribution in [2.24, 2.45) is 4.99 Å². The summed E-state index contributed by atoms with van der Waals surface area (Å²) in [4.78, 5) is 28.5. The second kappa shape index (κ2) is 9.23. The van der Waals surface area contributed by atoms with Gasteiger partial charge in [0.05, 0.1) is 12.0 Å². The van der Waals surface area contributed by atoms with Crippen LogP contribution < -0.4 is 10.6 Å². The minimum absolute atomic E-state index is 0.0471. The van der Waals surface area contributed by atoms with Crippen LogP contribution >= 0.6 is 11.8 Å². The number of carbonyl (C=O) groups is 2. The van der Waals surface area contributed by atoms with Crippen LogP contribution in [0.5, 0.6) is 0 Å². The van der Waals surface area contributed by atoms with Crippen molar-refractivity contribution < 1.29 is 14.7 Å². The summed E-state index contributed by atoms with van der Waals surface area (Å²) in [6.07, 6.45) is 0.0471. The first-order chi connectivity index (χ1) is 13.5. The number of thioether (sulfide) groups is 1. The predicted molar refractivity (Wildman–Crippen MR) is 112 cm³/mol. The Balaban J connectivity index is 1.86. The molecule has 6 nitrogen and oxygen atoms in total. The largest absolute Gasteiger partial charge is 0.481 e. The molecule has 0 fully saturated rings. The number of allylic oxidation sites excluding steroid dienone is 1. The van der Waals surface area contributed by atoms with Crippen LogP contribution in [0.25, 0.3) is 0 Å². The van der Waals surface area contributed by atoms with Crippen LogP contribution in [-0.4, -0.2) is 27.9 Å². The molecule has 2 aromatic carbocycles. The van der Waals surface area contributed by atoms with Gasteiger partial charge < -0.3 is 15.7 Å². The molecule has 1 aliphatic rings. The van der Waals surface area contributed by atoms with Crippen molar-refractivity contribution in [2.45, 2.75) is 19.4 Å². The highest BCUT2D eigenvalue weighted by Crippen LogP contribution is 2.32. The molecule has 3 N–H and O–H groups in total. The number of nitrogens with one attached hydrogen (secondary N) is 2. The Labute approximate surface area is 167 Å². The van der Waals surface area contributed by atoms with E-state index in [0.29, 0.717) is 27.9 Å². The monoisotopic (exact) mass is 395 g/mol. The Morgan fingerprint density at radius 1 is 1.11 bits per heavy atom. The zero-order valence-electron chi connectivity index (χ0n) is 15.4. The molecule has 1 atom stereocenters. The van der Waals surface area contributed by atoms with Crippen molar-refractivity contribution in [1.29, 1.82) is 0 Å². The van der Waals surface area contributed by atoms with Crippen molar-refractivity contribution in [2.75, 3.05) is 11.1 Å². The molecule has 0 bridgehead atoms. The first kappa shape index (κ1) is 19.7. The average molecular weight is 395 g/mol. The summed E-state index contributed by atoms with van der Waals surface area (Å²) in [5.74, 6) is -0.663. The number of amides is 1. The minimum Gasteiger partial charge on any atom is -0.481 e. The maximum absolute atomic E-state index is 13.0. The van der Waals surface area contributed by atoms with E-state index >= 15 is 0 Å². The lowest BCUT2D eigenvalue weighted by molar-refractivity contribution is -0.136. The number of carboxylic acid groups (broad SMARTS) is 1. The van der Waals surface area contributed by atoms with E-state index < -0.39 is 12.0 Å². The van der Waals surface area contributed by atoms with Gasteiger partial charge in [0.1, 0.15) is 6.04 Å². The highest BCUT2D eigenvalue weighted by molar-refractivity contribution is 8.13.